The summed E-state index contributed by atoms with van der Waals surface area (Å²) < 4.78 is -3.19. The van der Waals surface area contributed by atoms with E-state index in [-0.39, 0.29) is 24.8 Å². The molecule has 3 unspecified atom stereocenters. The van der Waals surface area contributed by atoms with E-state index in [9.17, 15) is 9.59 Å². The summed E-state index contributed by atoms with van der Waals surface area (Å²) in [4.78, 5) is 31.4. The molecule has 2 amide bonds. The number of carbonyl (C=O) groups is 2. The van der Waals surface area contributed by atoms with Crippen molar-refractivity contribution in [2.75, 3.05) is 7.05 Å². The fraction of sp³-hybridized carbons (Fsp3) is 0.706. The molecular formula is C17H23Cl6N3O2S. The monoisotopic (exact) mass is 543 g/mol. The van der Waals surface area contributed by atoms with E-state index < -0.39 is 31.4 Å². The van der Waals surface area contributed by atoms with Crippen LogP contribution in [0.2, 0.25) is 0 Å². The zero-order chi connectivity index (χ0) is 22.6. The molecule has 0 fully saturated rings. The number of thiazole rings is 1. The largest absolute Gasteiger partial charge is 0.344 e. The fourth-order valence-corrected chi connectivity index (χ4v) is 3.64. The van der Waals surface area contributed by atoms with Crippen LogP contribution in [0.15, 0.2) is 11.6 Å². The Kier molecular flexibility index (Phi) is 10.6. The second-order valence-corrected chi connectivity index (χ2v) is 12.6. The third-order valence-corrected chi connectivity index (χ3v) is 7.75. The minimum absolute atomic E-state index is 0.0752. The average Bonchev–Trinajstić information content (AvgIpc) is 3.11. The van der Waals surface area contributed by atoms with E-state index >= 15 is 0 Å². The molecule has 0 aliphatic rings. The number of aromatic nitrogens is 1. The molecule has 5 nitrogen and oxygen atoms in total. The van der Waals surface area contributed by atoms with Crippen LogP contribution < -0.4 is 5.32 Å². The second kappa shape index (κ2) is 11.3. The number of halogens is 6. The second-order valence-electron chi connectivity index (χ2n) is 6.94. The van der Waals surface area contributed by atoms with Gasteiger partial charge >= 0.3 is 0 Å². The molecule has 1 N–H and O–H groups in total. The van der Waals surface area contributed by atoms with Gasteiger partial charge in [-0.05, 0) is 13.3 Å². The highest BCUT2D eigenvalue weighted by Gasteiger charge is 2.37. The molecule has 0 aliphatic heterocycles. The zero-order valence-electron chi connectivity index (χ0n) is 16.3. The van der Waals surface area contributed by atoms with E-state index in [2.05, 4.69) is 10.3 Å². The predicted molar refractivity (Wildman–Crippen MR) is 123 cm³/mol. The minimum atomic E-state index is -1.60. The summed E-state index contributed by atoms with van der Waals surface area (Å²) in [5.41, 5.74) is 0. The van der Waals surface area contributed by atoms with Gasteiger partial charge in [-0.15, -0.1) is 11.3 Å². The summed E-state index contributed by atoms with van der Waals surface area (Å²) in [6, 6.07) is -1.20. The van der Waals surface area contributed by atoms with Gasteiger partial charge < -0.3 is 10.2 Å². The first-order chi connectivity index (χ1) is 13.1. The molecule has 0 saturated heterocycles. The SMILES string of the molecule is CC(c1nccs1)N(C)C(=O)C(CC(C)C(Cl)(Cl)Cl)NC(=O)C[C@H](C)C(Cl)(Cl)Cl. The van der Waals surface area contributed by atoms with Gasteiger partial charge in [0.05, 0.1) is 6.04 Å². The van der Waals surface area contributed by atoms with Crippen molar-refractivity contribution in [1.82, 2.24) is 15.2 Å². The summed E-state index contributed by atoms with van der Waals surface area (Å²) in [5, 5.41) is 5.30. The average molecular weight is 546 g/mol. The van der Waals surface area contributed by atoms with Crippen molar-refractivity contribution in [2.24, 2.45) is 11.8 Å². The number of alkyl halides is 6. The number of rotatable bonds is 8. The van der Waals surface area contributed by atoms with Crippen molar-refractivity contribution < 1.29 is 9.59 Å². The summed E-state index contributed by atoms with van der Waals surface area (Å²) in [5.74, 6) is -1.82. The van der Waals surface area contributed by atoms with Gasteiger partial charge in [-0.25, -0.2) is 4.98 Å². The lowest BCUT2D eigenvalue weighted by Gasteiger charge is -2.31. The molecule has 4 atom stereocenters. The Labute approximate surface area is 205 Å². The number of likely N-dealkylation sites (N-methyl/N-ethyl adjacent to an activating group) is 1. The Hall–Kier alpha value is 0.310. The molecule has 1 rings (SSSR count). The van der Waals surface area contributed by atoms with Crippen LogP contribution in [0.5, 0.6) is 0 Å². The van der Waals surface area contributed by atoms with E-state index in [4.69, 9.17) is 69.6 Å². The Balaban J connectivity index is 2.97. The fourth-order valence-electron chi connectivity index (χ4n) is 2.40. The molecule has 0 aliphatic carbocycles. The minimum Gasteiger partial charge on any atom is -0.344 e. The zero-order valence-corrected chi connectivity index (χ0v) is 21.6. The van der Waals surface area contributed by atoms with Crippen LogP contribution in [0.1, 0.15) is 44.7 Å². The number of carbonyl (C=O) groups excluding carboxylic acids is 2. The van der Waals surface area contributed by atoms with Gasteiger partial charge in [0, 0.05) is 36.9 Å². The van der Waals surface area contributed by atoms with Crippen LogP contribution in [0.25, 0.3) is 0 Å². The van der Waals surface area contributed by atoms with Gasteiger partial charge in [0.15, 0.2) is 7.59 Å². The molecule has 29 heavy (non-hydrogen) atoms. The quantitative estimate of drug-likeness (QED) is 0.411. The molecule has 1 heterocycles. The van der Waals surface area contributed by atoms with Crippen LogP contribution in [0, 0.1) is 11.8 Å². The summed E-state index contributed by atoms with van der Waals surface area (Å²) >= 11 is 36.9. The molecule has 0 saturated carbocycles. The maximum Gasteiger partial charge on any atom is 0.245 e. The number of hydrogen-bond donors (Lipinski definition) is 1. The van der Waals surface area contributed by atoms with Crippen molar-refractivity contribution in [3.63, 3.8) is 0 Å². The van der Waals surface area contributed by atoms with Crippen molar-refractivity contribution in [2.45, 2.75) is 53.3 Å². The highest BCUT2D eigenvalue weighted by atomic mass is 35.6. The van der Waals surface area contributed by atoms with Gasteiger partial charge in [0.1, 0.15) is 11.0 Å². The van der Waals surface area contributed by atoms with Gasteiger partial charge in [0.25, 0.3) is 0 Å². The number of amides is 2. The molecule has 166 valence electrons. The smallest absolute Gasteiger partial charge is 0.245 e. The molecular weight excluding hydrogens is 523 g/mol. The summed E-state index contributed by atoms with van der Waals surface area (Å²) in [6.45, 7) is 5.16. The normalized spacial score (nSPS) is 16.6. The predicted octanol–water partition coefficient (Wildman–Crippen LogP) is 5.94. The third kappa shape index (κ3) is 8.76. The Morgan fingerprint density at radius 2 is 1.66 bits per heavy atom. The lowest BCUT2D eigenvalue weighted by molar-refractivity contribution is -0.137. The van der Waals surface area contributed by atoms with Crippen LogP contribution in [0.3, 0.4) is 0 Å². The first-order valence-electron chi connectivity index (χ1n) is 8.73. The maximum atomic E-state index is 13.1. The lowest BCUT2D eigenvalue weighted by Crippen LogP contribution is -2.49. The highest BCUT2D eigenvalue weighted by molar-refractivity contribution is 7.09. The Morgan fingerprint density at radius 1 is 1.10 bits per heavy atom. The third-order valence-electron chi connectivity index (χ3n) is 4.57. The highest BCUT2D eigenvalue weighted by Crippen LogP contribution is 2.38. The van der Waals surface area contributed by atoms with Gasteiger partial charge in [0.2, 0.25) is 11.8 Å². The number of hydrogen-bond acceptors (Lipinski definition) is 4. The molecule has 12 heteroatoms. The summed E-state index contributed by atoms with van der Waals surface area (Å²) in [7, 11) is 1.64. The first-order valence-corrected chi connectivity index (χ1v) is 11.9. The van der Waals surface area contributed by atoms with Crippen LogP contribution in [0.4, 0.5) is 0 Å². The van der Waals surface area contributed by atoms with Gasteiger partial charge in [-0.2, -0.15) is 0 Å². The van der Waals surface area contributed by atoms with Gasteiger partial charge in [-0.3, -0.25) is 9.59 Å². The standard InChI is InChI=1S/C17H23Cl6N3O2S/c1-9(16(18,19)20)7-12(25-13(27)8-10(2)17(21,22)23)15(28)26(4)11(3)14-24-5-6-29-14/h5-6,9-12H,7-8H2,1-4H3,(H,25,27)/t9?,10-,11?,12?/m0/s1. The van der Waals surface area contributed by atoms with E-state index in [1.807, 2.05) is 12.3 Å². The molecule has 0 bridgehead atoms. The van der Waals surface area contributed by atoms with Crippen molar-refractivity contribution in [3.8, 4) is 0 Å². The van der Waals surface area contributed by atoms with Crippen molar-refractivity contribution in [1.29, 1.82) is 0 Å². The van der Waals surface area contributed by atoms with E-state index in [1.165, 1.54) is 16.2 Å². The molecule has 0 radical (unpaired) electrons. The lowest BCUT2D eigenvalue weighted by atomic mass is 10.0. The topological polar surface area (TPSA) is 62.3 Å². The van der Waals surface area contributed by atoms with Crippen molar-refractivity contribution in [3.05, 3.63) is 16.6 Å². The van der Waals surface area contributed by atoms with Crippen molar-refractivity contribution >= 4 is 92.8 Å². The van der Waals surface area contributed by atoms with Crippen LogP contribution >= 0.6 is 80.9 Å². The summed E-state index contributed by atoms with van der Waals surface area (Å²) in [6.07, 6.45) is 1.71. The number of nitrogens with one attached hydrogen (secondary N) is 1. The molecule has 1 aromatic heterocycles. The molecule has 0 aromatic carbocycles. The Bertz CT molecular complexity index is 678. The molecule has 0 spiro atoms. The Morgan fingerprint density at radius 3 is 2.10 bits per heavy atom. The molecule has 1 aromatic rings. The maximum absolute atomic E-state index is 13.1. The van der Waals surface area contributed by atoms with Crippen LogP contribution in [-0.2, 0) is 9.59 Å². The van der Waals surface area contributed by atoms with Crippen LogP contribution in [-0.4, -0.2) is 42.4 Å². The number of nitrogens with zero attached hydrogens (tertiary/aromatic N) is 2. The first kappa shape index (κ1) is 27.3. The van der Waals surface area contributed by atoms with E-state index in [1.54, 1.807) is 27.1 Å². The van der Waals surface area contributed by atoms with E-state index in [0.717, 1.165) is 5.01 Å². The van der Waals surface area contributed by atoms with Gasteiger partial charge in [-0.1, -0.05) is 83.5 Å². The van der Waals surface area contributed by atoms with E-state index in [0.29, 0.717) is 0 Å².